The van der Waals surface area contributed by atoms with E-state index in [0.717, 1.165) is 10.8 Å². The van der Waals surface area contributed by atoms with E-state index < -0.39 is 23.7 Å². The lowest BCUT2D eigenvalue weighted by Gasteiger charge is -2.23. The van der Waals surface area contributed by atoms with Crippen LogP contribution in [0.2, 0.25) is 0 Å². The number of nitrogen functional groups attached to an aromatic ring is 1. The van der Waals surface area contributed by atoms with Gasteiger partial charge in [0.2, 0.25) is 0 Å². The summed E-state index contributed by atoms with van der Waals surface area (Å²) in [4.78, 5) is 26.9. The summed E-state index contributed by atoms with van der Waals surface area (Å²) < 4.78 is 11.0. The van der Waals surface area contributed by atoms with Gasteiger partial charge in [0.1, 0.15) is 23.8 Å². The molecule has 2 aromatic rings. The lowest BCUT2D eigenvalue weighted by atomic mass is 10.1. The van der Waals surface area contributed by atoms with Gasteiger partial charge in [0.15, 0.2) is 0 Å². The number of fused-ring (bicyclic) bond motifs is 1. The number of nitrogens with zero attached hydrogens (tertiary/aromatic N) is 1. The van der Waals surface area contributed by atoms with Gasteiger partial charge in [-0.15, -0.1) is 0 Å². The number of amides is 1. The van der Waals surface area contributed by atoms with Gasteiger partial charge < -0.3 is 25.6 Å². The van der Waals surface area contributed by atoms with Crippen LogP contribution in [0.1, 0.15) is 33.6 Å². The van der Waals surface area contributed by atoms with Crippen LogP contribution in [-0.4, -0.2) is 40.4 Å². The van der Waals surface area contributed by atoms with Gasteiger partial charge >= 0.3 is 12.1 Å². The van der Waals surface area contributed by atoms with Crippen LogP contribution in [0.15, 0.2) is 30.5 Å². The second-order valence-corrected chi connectivity index (χ2v) is 7.17. The summed E-state index contributed by atoms with van der Waals surface area (Å²) in [5, 5.41) is 13.3. The molecule has 0 bridgehead atoms. The van der Waals surface area contributed by atoms with Gasteiger partial charge in [-0.3, -0.25) is 4.79 Å². The number of hydrogen-bond donors (Lipinski definition) is 3. The highest BCUT2D eigenvalue weighted by molar-refractivity contribution is 5.91. The lowest BCUT2D eigenvalue weighted by molar-refractivity contribution is -0.137. The molecule has 0 fully saturated rings. The molecule has 1 aromatic carbocycles. The van der Waals surface area contributed by atoms with Crippen LogP contribution in [0.5, 0.6) is 5.75 Å². The van der Waals surface area contributed by atoms with E-state index in [2.05, 4.69) is 10.3 Å². The van der Waals surface area contributed by atoms with Crippen LogP contribution in [-0.2, 0) is 9.53 Å². The number of carbonyl (C=O) groups excluding carboxylic acids is 1. The molecule has 0 saturated carbocycles. The van der Waals surface area contributed by atoms with Crippen molar-refractivity contribution in [3.05, 3.63) is 30.5 Å². The summed E-state index contributed by atoms with van der Waals surface area (Å²) in [6, 6.07) is 6.73. The van der Waals surface area contributed by atoms with Gasteiger partial charge in [0.25, 0.3) is 0 Å². The Balaban J connectivity index is 2.04. The van der Waals surface area contributed by atoms with Gasteiger partial charge in [0, 0.05) is 18.0 Å². The molecule has 27 heavy (non-hydrogen) atoms. The first-order chi connectivity index (χ1) is 12.6. The Kier molecular flexibility index (Phi) is 6.44. The number of nitrogens with one attached hydrogen (secondary N) is 1. The van der Waals surface area contributed by atoms with Crippen molar-refractivity contribution < 1.29 is 24.2 Å². The largest absolute Gasteiger partial charge is 0.491 e. The fourth-order valence-electron chi connectivity index (χ4n) is 2.43. The van der Waals surface area contributed by atoms with Crippen molar-refractivity contribution in [2.24, 2.45) is 0 Å². The van der Waals surface area contributed by atoms with E-state index in [-0.39, 0.29) is 19.4 Å². The molecule has 0 radical (unpaired) electrons. The number of benzene rings is 1. The third-order valence-electron chi connectivity index (χ3n) is 3.65. The molecular weight excluding hydrogens is 350 g/mol. The van der Waals surface area contributed by atoms with E-state index in [1.807, 2.05) is 12.1 Å². The molecule has 146 valence electrons. The maximum absolute atomic E-state index is 12.0. The first kappa shape index (κ1) is 20.3. The number of carboxylic acids is 1. The minimum absolute atomic E-state index is 0.0954. The fraction of sp³-hybridized carbons (Fsp3) is 0.421. The molecular formula is C19H25N3O5. The zero-order valence-electron chi connectivity index (χ0n) is 15.7. The Hall–Kier alpha value is -3.03. The van der Waals surface area contributed by atoms with Gasteiger partial charge in [-0.05, 0) is 50.8 Å². The second kappa shape index (κ2) is 8.57. The van der Waals surface area contributed by atoms with Crippen LogP contribution >= 0.6 is 0 Å². The van der Waals surface area contributed by atoms with Gasteiger partial charge in [0.05, 0.1) is 6.04 Å². The van der Waals surface area contributed by atoms with Crippen molar-refractivity contribution in [3.63, 3.8) is 0 Å². The van der Waals surface area contributed by atoms with Crippen LogP contribution in [0.4, 0.5) is 10.6 Å². The fourth-order valence-corrected chi connectivity index (χ4v) is 2.43. The average Bonchev–Trinajstić information content (AvgIpc) is 2.56. The number of nitrogens with two attached hydrogens (primary N) is 1. The SMILES string of the molecule is CC(C)(C)OC(=O)N[C@H](CCC(=O)O)COc1ccc2ccnc(N)c2c1. The standard InChI is InChI=1S/C19H25N3O5/c1-19(2,3)27-18(25)22-13(5-7-16(23)24)11-26-14-6-4-12-8-9-21-17(20)15(12)10-14/h4,6,8-10,13H,5,7,11H2,1-3H3,(H2,20,21)(H,22,25)(H,23,24)/t13-/m1/s1. The molecule has 1 amide bonds. The zero-order chi connectivity index (χ0) is 20.0. The van der Waals surface area contributed by atoms with E-state index in [1.165, 1.54) is 0 Å². The number of carbonyl (C=O) groups is 2. The second-order valence-electron chi connectivity index (χ2n) is 7.17. The minimum Gasteiger partial charge on any atom is -0.491 e. The number of aliphatic carboxylic acids is 1. The molecule has 0 aliphatic rings. The zero-order valence-corrected chi connectivity index (χ0v) is 15.7. The van der Waals surface area contributed by atoms with Crippen molar-refractivity contribution in [3.8, 4) is 5.75 Å². The maximum atomic E-state index is 12.0. The van der Waals surface area contributed by atoms with E-state index in [4.69, 9.17) is 20.3 Å². The number of aromatic nitrogens is 1. The quantitative estimate of drug-likeness (QED) is 0.679. The first-order valence-corrected chi connectivity index (χ1v) is 8.62. The number of ether oxygens (including phenoxy) is 2. The molecule has 1 aromatic heterocycles. The van der Waals surface area contributed by atoms with Crippen LogP contribution in [0, 0.1) is 0 Å². The summed E-state index contributed by atoms with van der Waals surface area (Å²) in [6.07, 6.45) is 1.13. The molecule has 8 nitrogen and oxygen atoms in total. The molecule has 0 aliphatic carbocycles. The van der Waals surface area contributed by atoms with Gasteiger partial charge in [-0.1, -0.05) is 6.07 Å². The van der Waals surface area contributed by atoms with E-state index in [1.54, 1.807) is 39.1 Å². The van der Waals surface area contributed by atoms with Crippen LogP contribution < -0.4 is 15.8 Å². The summed E-state index contributed by atoms with van der Waals surface area (Å²) >= 11 is 0. The summed E-state index contributed by atoms with van der Waals surface area (Å²) in [5.41, 5.74) is 5.23. The van der Waals surface area contributed by atoms with E-state index >= 15 is 0 Å². The van der Waals surface area contributed by atoms with E-state index in [9.17, 15) is 9.59 Å². The number of alkyl carbamates (subject to hydrolysis) is 1. The van der Waals surface area contributed by atoms with Crippen molar-refractivity contribution >= 4 is 28.7 Å². The van der Waals surface area contributed by atoms with Crippen LogP contribution in [0.25, 0.3) is 10.8 Å². The van der Waals surface area contributed by atoms with Crippen molar-refractivity contribution in [1.29, 1.82) is 0 Å². The number of anilines is 1. The molecule has 1 atom stereocenters. The van der Waals surface area contributed by atoms with Crippen molar-refractivity contribution in [2.75, 3.05) is 12.3 Å². The van der Waals surface area contributed by atoms with Crippen molar-refractivity contribution in [1.82, 2.24) is 10.3 Å². The van der Waals surface area contributed by atoms with Gasteiger partial charge in [-0.2, -0.15) is 0 Å². The highest BCUT2D eigenvalue weighted by atomic mass is 16.6. The third kappa shape index (κ3) is 6.65. The molecule has 0 spiro atoms. The number of pyridine rings is 1. The molecule has 1 heterocycles. The summed E-state index contributed by atoms with van der Waals surface area (Å²) in [7, 11) is 0. The minimum atomic E-state index is -0.949. The molecule has 0 saturated heterocycles. The molecule has 4 N–H and O–H groups in total. The molecule has 0 aliphatic heterocycles. The Morgan fingerprint density at radius 3 is 2.70 bits per heavy atom. The normalized spacial score (nSPS) is 12.4. The molecule has 2 rings (SSSR count). The number of rotatable bonds is 7. The van der Waals surface area contributed by atoms with Gasteiger partial charge in [-0.25, -0.2) is 9.78 Å². The number of hydrogen-bond acceptors (Lipinski definition) is 6. The number of carboxylic acid groups (broad SMARTS) is 1. The average molecular weight is 375 g/mol. The first-order valence-electron chi connectivity index (χ1n) is 8.62. The van der Waals surface area contributed by atoms with E-state index in [0.29, 0.717) is 11.6 Å². The molecule has 8 heteroatoms. The predicted molar refractivity (Wildman–Crippen MR) is 102 cm³/mol. The van der Waals surface area contributed by atoms with Crippen molar-refractivity contribution in [2.45, 2.75) is 45.3 Å². The summed E-state index contributed by atoms with van der Waals surface area (Å²) in [6.45, 7) is 5.35. The Morgan fingerprint density at radius 1 is 1.30 bits per heavy atom. The summed E-state index contributed by atoms with van der Waals surface area (Å²) in [5.74, 6) is -0.00341. The lowest BCUT2D eigenvalue weighted by Crippen LogP contribution is -2.42. The topological polar surface area (TPSA) is 124 Å². The monoisotopic (exact) mass is 375 g/mol. The Labute approximate surface area is 157 Å². The molecule has 0 unspecified atom stereocenters. The highest BCUT2D eigenvalue weighted by Gasteiger charge is 2.20. The third-order valence-corrected chi connectivity index (χ3v) is 3.65. The van der Waals surface area contributed by atoms with Crippen LogP contribution in [0.3, 0.4) is 0 Å². The smallest absolute Gasteiger partial charge is 0.407 e. The highest BCUT2D eigenvalue weighted by Crippen LogP contribution is 2.24. The Bertz CT molecular complexity index is 817. The predicted octanol–water partition coefficient (Wildman–Crippen LogP) is 2.95. The Morgan fingerprint density at radius 2 is 2.04 bits per heavy atom. The maximum Gasteiger partial charge on any atom is 0.407 e.